The molecule has 0 aromatic heterocycles. The molecule has 0 bridgehead atoms. The Morgan fingerprint density at radius 1 is 0.815 bits per heavy atom. The third-order valence-electron chi connectivity index (χ3n) is 5.14. The summed E-state index contributed by atoms with van der Waals surface area (Å²) in [6.45, 7) is -0.148. The van der Waals surface area contributed by atoms with Gasteiger partial charge in [0.2, 0.25) is 0 Å². The largest absolute Gasteiger partial charge is 0.508 e. The van der Waals surface area contributed by atoms with E-state index in [2.05, 4.69) is 0 Å². The van der Waals surface area contributed by atoms with Crippen LogP contribution in [0, 0.1) is 0 Å². The van der Waals surface area contributed by atoms with E-state index in [1.165, 1.54) is 24.3 Å². The number of hydrogen-bond donors (Lipinski definition) is 4. The number of hydrogen-bond acceptors (Lipinski definition) is 6. The Hall–Kier alpha value is -3.06. The van der Waals surface area contributed by atoms with Gasteiger partial charge in [-0.05, 0) is 35.9 Å². The number of fused-ring (bicyclic) bond motifs is 6. The van der Waals surface area contributed by atoms with E-state index in [0.29, 0.717) is 33.8 Å². The zero-order chi connectivity index (χ0) is 18.8. The fraction of sp³-hybridized carbons (Fsp3) is 0.143. The zero-order valence-electron chi connectivity index (χ0n) is 14.1. The summed E-state index contributed by atoms with van der Waals surface area (Å²) >= 11 is 0. The van der Waals surface area contributed by atoms with E-state index in [-0.39, 0.29) is 18.1 Å². The first-order valence-corrected chi connectivity index (χ1v) is 8.48. The Labute approximate surface area is 154 Å². The molecule has 4 N–H and O–H groups in total. The highest BCUT2D eigenvalue weighted by Crippen LogP contribution is 2.59. The quantitative estimate of drug-likeness (QED) is 0.530. The van der Waals surface area contributed by atoms with Crippen molar-refractivity contribution in [3.05, 3.63) is 82.4 Å². The van der Waals surface area contributed by atoms with Crippen molar-refractivity contribution in [2.75, 3.05) is 0 Å². The third kappa shape index (κ3) is 2.12. The van der Waals surface area contributed by atoms with E-state index in [1.54, 1.807) is 24.3 Å². The summed E-state index contributed by atoms with van der Waals surface area (Å²) < 4.78 is 12.0. The van der Waals surface area contributed by atoms with Gasteiger partial charge in [-0.25, -0.2) is 0 Å². The molecule has 0 aliphatic carbocycles. The number of aliphatic hydroxyl groups excluding tert-OH is 2. The van der Waals surface area contributed by atoms with Crippen LogP contribution < -0.4 is 4.74 Å². The molecular weight excluding hydrogens is 348 g/mol. The Bertz CT molecular complexity index is 1020. The molecule has 2 aliphatic heterocycles. The molecule has 0 saturated heterocycles. The molecule has 136 valence electrons. The highest BCUT2D eigenvalue weighted by Gasteiger charge is 2.52. The van der Waals surface area contributed by atoms with Gasteiger partial charge in [-0.1, -0.05) is 12.1 Å². The topological polar surface area (TPSA) is 99.4 Å². The van der Waals surface area contributed by atoms with Crippen LogP contribution in [0.4, 0.5) is 0 Å². The molecule has 0 amide bonds. The van der Waals surface area contributed by atoms with Gasteiger partial charge in [0.05, 0.1) is 6.61 Å². The minimum absolute atomic E-state index is 0.0295. The maximum absolute atomic E-state index is 10.6. The van der Waals surface area contributed by atoms with Gasteiger partial charge in [0, 0.05) is 34.4 Å². The molecule has 3 aromatic carbocycles. The lowest BCUT2D eigenvalue weighted by atomic mass is 9.77. The number of phenols is 2. The van der Waals surface area contributed by atoms with E-state index >= 15 is 0 Å². The molecular formula is C21H16O6. The maximum Gasteiger partial charge on any atom is 0.183 e. The number of ether oxygens (including phenoxy) is 2. The third-order valence-corrected chi connectivity index (χ3v) is 5.14. The van der Waals surface area contributed by atoms with Gasteiger partial charge in [-0.2, -0.15) is 0 Å². The van der Waals surface area contributed by atoms with Crippen molar-refractivity contribution in [2.24, 2.45) is 0 Å². The fourth-order valence-corrected chi connectivity index (χ4v) is 3.98. The first-order chi connectivity index (χ1) is 13.0. The Morgan fingerprint density at radius 3 is 2.00 bits per heavy atom. The molecule has 1 unspecified atom stereocenters. The average molecular weight is 364 g/mol. The predicted octanol–water partition coefficient (Wildman–Crippen LogP) is 3.01. The van der Waals surface area contributed by atoms with E-state index in [9.17, 15) is 20.4 Å². The van der Waals surface area contributed by atoms with Crippen molar-refractivity contribution >= 4 is 0 Å². The van der Waals surface area contributed by atoms with Crippen LogP contribution in [-0.2, 0) is 16.9 Å². The van der Waals surface area contributed by atoms with Gasteiger partial charge in [-0.15, -0.1) is 0 Å². The van der Waals surface area contributed by atoms with Crippen molar-refractivity contribution < 1.29 is 29.9 Å². The molecule has 2 heterocycles. The Morgan fingerprint density at radius 2 is 1.41 bits per heavy atom. The molecule has 6 heteroatoms. The van der Waals surface area contributed by atoms with Crippen molar-refractivity contribution in [1.82, 2.24) is 0 Å². The van der Waals surface area contributed by atoms with Crippen LogP contribution in [-0.4, -0.2) is 20.4 Å². The summed E-state index contributed by atoms with van der Waals surface area (Å²) in [5, 5.41) is 39.9. The van der Waals surface area contributed by atoms with E-state index in [1.807, 2.05) is 6.07 Å². The lowest BCUT2D eigenvalue weighted by molar-refractivity contribution is -0.142. The highest BCUT2D eigenvalue weighted by atomic mass is 16.6. The van der Waals surface area contributed by atoms with Gasteiger partial charge in [-0.3, -0.25) is 0 Å². The second kappa shape index (κ2) is 5.47. The van der Waals surface area contributed by atoms with Crippen LogP contribution in [0.5, 0.6) is 23.0 Å². The van der Waals surface area contributed by atoms with Crippen molar-refractivity contribution in [3.8, 4) is 23.0 Å². The first-order valence-electron chi connectivity index (χ1n) is 8.48. The summed E-state index contributed by atoms with van der Waals surface area (Å²) in [6.07, 6.45) is -1.20. The Balaban J connectivity index is 1.86. The fourth-order valence-electron chi connectivity index (χ4n) is 3.98. The molecule has 0 fully saturated rings. The van der Waals surface area contributed by atoms with Gasteiger partial charge in [0.1, 0.15) is 23.0 Å². The van der Waals surface area contributed by atoms with Gasteiger partial charge < -0.3 is 29.9 Å². The summed E-state index contributed by atoms with van der Waals surface area (Å²) in [5.41, 5.74) is 2.04. The maximum atomic E-state index is 10.6. The molecule has 6 nitrogen and oxygen atoms in total. The minimum Gasteiger partial charge on any atom is -0.508 e. The van der Waals surface area contributed by atoms with Crippen LogP contribution in [0.25, 0.3) is 0 Å². The number of benzene rings is 3. The Kier molecular flexibility index (Phi) is 3.27. The summed E-state index contributed by atoms with van der Waals surface area (Å²) in [6, 6.07) is 14.7. The van der Waals surface area contributed by atoms with Gasteiger partial charge in [0.25, 0.3) is 0 Å². The zero-order valence-corrected chi connectivity index (χ0v) is 14.1. The minimum atomic E-state index is -1.20. The number of aliphatic hydroxyl groups is 2. The molecule has 3 aromatic rings. The van der Waals surface area contributed by atoms with Crippen LogP contribution in [0.15, 0.2) is 54.6 Å². The normalized spacial score (nSPS) is 18.5. The molecule has 0 saturated carbocycles. The second-order valence-electron chi connectivity index (χ2n) is 6.69. The molecule has 5 rings (SSSR count). The van der Waals surface area contributed by atoms with Crippen molar-refractivity contribution in [3.63, 3.8) is 0 Å². The van der Waals surface area contributed by atoms with Crippen LogP contribution in [0.3, 0.4) is 0 Å². The van der Waals surface area contributed by atoms with Crippen molar-refractivity contribution in [2.45, 2.75) is 18.5 Å². The molecule has 2 aliphatic rings. The van der Waals surface area contributed by atoms with Crippen molar-refractivity contribution in [1.29, 1.82) is 0 Å². The van der Waals surface area contributed by atoms with Crippen LogP contribution in [0.2, 0.25) is 0 Å². The molecule has 27 heavy (non-hydrogen) atoms. The molecule has 1 atom stereocenters. The molecule has 1 spiro atoms. The van der Waals surface area contributed by atoms with E-state index in [4.69, 9.17) is 9.47 Å². The predicted molar refractivity (Wildman–Crippen MR) is 94.6 cm³/mol. The number of aromatic hydroxyl groups is 2. The van der Waals surface area contributed by atoms with E-state index in [0.717, 1.165) is 5.56 Å². The summed E-state index contributed by atoms with van der Waals surface area (Å²) in [5.74, 6) is 0.808. The molecule has 0 radical (unpaired) electrons. The lowest BCUT2D eigenvalue weighted by Crippen LogP contribution is -2.32. The number of rotatable bonds is 1. The lowest BCUT2D eigenvalue weighted by Gasteiger charge is -2.37. The van der Waals surface area contributed by atoms with Crippen LogP contribution >= 0.6 is 0 Å². The summed E-state index contributed by atoms with van der Waals surface area (Å²) in [4.78, 5) is 0. The SMILES string of the molecule is OCc1ccc2c(c1)C(O)OC21c2ccc(O)cc2Oc2cc(O)ccc21. The highest BCUT2D eigenvalue weighted by molar-refractivity contribution is 5.66. The van der Waals surface area contributed by atoms with Gasteiger partial charge >= 0.3 is 0 Å². The van der Waals surface area contributed by atoms with Crippen LogP contribution in [0.1, 0.15) is 34.1 Å². The second-order valence-corrected chi connectivity index (χ2v) is 6.69. The first kappa shape index (κ1) is 16.1. The monoisotopic (exact) mass is 364 g/mol. The number of phenolic OH excluding ortho intramolecular Hbond substituents is 2. The average Bonchev–Trinajstić information content (AvgIpc) is 2.94. The van der Waals surface area contributed by atoms with Gasteiger partial charge in [0.15, 0.2) is 11.9 Å². The summed E-state index contributed by atoms with van der Waals surface area (Å²) in [7, 11) is 0. The van der Waals surface area contributed by atoms with E-state index < -0.39 is 11.9 Å². The smallest absolute Gasteiger partial charge is 0.183 e. The standard InChI is InChI=1S/C21H16O6/c22-10-11-1-4-15-14(7-11)20(25)27-21(15)16-5-2-12(23)8-18(16)26-19-9-13(24)3-6-17(19)21/h1-9,20,22-25H,10H2.